The van der Waals surface area contributed by atoms with E-state index in [0.29, 0.717) is 5.82 Å². The zero-order valence-corrected chi connectivity index (χ0v) is 24.8. The fraction of sp³-hybridized carbons (Fsp3) is 0. The van der Waals surface area contributed by atoms with Gasteiger partial charge in [0.05, 0.1) is 39.8 Å². The molecule has 3 aromatic heterocycles. The van der Waals surface area contributed by atoms with Crippen LogP contribution >= 0.6 is 0 Å². The molecule has 216 valence electrons. The van der Waals surface area contributed by atoms with Crippen molar-refractivity contribution < 1.29 is 0 Å². The predicted molar refractivity (Wildman–Crippen MR) is 187 cm³/mol. The van der Waals surface area contributed by atoms with Crippen LogP contribution in [0.5, 0.6) is 0 Å². The summed E-state index contributed by atoms with van der Waals surface area (Å²) in [6.45, 7) is 0. The zero-order valence-electron chi connectivity index (χ0n) is 24.8. The van der Waals surface area contributed by atoms with Crippen molar-refractivity contribution in [2.24, 2.45) is 0 Å². The maximum Gasteiger partial charge on any atom is 0.160 e. The average molecular weight is 590 g/mol. The maximum atomic E-state index is 5.09. The fourth-order valence-corrected chi connectivity index (χ4v) is 6.41. The fourth-order valence-electron chi connectivity index (χ4n) is 6.41. The Hall–Kier alpha value is -6.33. The molecule has 0 saturated carbocycles. The first kappa shape index (κ1) is 26.1. The van der Waals surface area contributed by atoms with Crippen molar-refractivity contribution >= 4 is 32.7 Å². The zero-order chi connectivity index (χ0) is 30.5. The highest BCUT2D eigenvalue weighted by Gasteiger charge is 2.17. The Morgan fingerprint density at radius 3 is 1.83 bits per heavy atom. The largest absolute Gasteiger partial charge is 0.309 e. The summed E-state index contributed by atoms with van der Waals surface area (Å²) in [5.41, 5.74) is 10.3. The van der Waals surface area contributed by atoms with Crippen LogP contribution in [0.3, 0.4) is 0 Å². The first-order valence-electron chi connectivity index (χ1n) is 15.4. The number of aromatic nitrogens is 5. The Balaban J connectivity index is 1.24. The van der Waals surface area contributed by atoms with E-state index >= 15 is 0 Å². The summed E-state index contributed by atoms with van der Waals surface area (Å²) in [7, 11) is 0. The third kappa shape index (κ3) is 4.37. The lowest BCUT2D eigenvalue weighted by molar-refractivity contribution is 0.911. The number of nitrogens with zero attached hydrogens (tertiary/aromatic N) is 5. The summed E-state index contributed by atoms with van der Waals surface area (Å²) in [6.07, 6.45) is 1.96. The molecule has 0 unspecified atom stereocenters. The lowest BCUT2D eigenvalue weighted by Gasteiger charge is -2.12. The molecule has 0 aliphatic heterocycles. The molecule has 5 heteroatoms. The predicted octanol–water partition coefficient (Wildman–Crippen LogP) is 9.91. The van der Waals surface area contributed by atoms with E-state index in [9.17, 15) is 0 Å². The minimum atomic E-state index is 0.706. The Morgan fingerprint density at radius 1 is 0.413 bits per heavy atom. The number of fused-ring (bicyclic) bond motifs is 4. The SMILES string of the molecule is c1ccc(-c2cc(-c3cccc(-n4c5ccccc5c5cc6c(cnn6-c6ccccc6)cc54)c3)nc(-c3ccccc3)n2)cc1. The van der Waals surface area contributed by atoms with Gasteiger partial charge in [0.15, 0.2) is 5.82 Å². The van der Waals surface area contributed by atoms with Crippen molar-refractivity contribution in [3.05, 3.63) is 164 Å². The summed E-state index contributed by atoms with van der Waals surface area (Å²) >= 11 is 0. The summed E-state index contributed by atoms with van der Waals surface area (Å²) < 4.78 is 4.37. The Kier molecular flexibility index (Phi) is 6.06. The molecule has 0 atom stereocenters. The van der Waals surface area contributed by atoms with Crippen molar-refractivity contribution in [3.63, 3.8) is 0 Å². The Labute approximate surface area is 265 Å². The number of hydrogen-bond donors (Lipinski definition) is 0. The van der Waals surface area contributed by atoms with Gasteiger partial charge in [0.2, 0.25) is 0 Å². The van der Waals surface area contributed by atoms with Gasteiger partial charge >= 0.3 is 0 Å². The van der Waals surface area contributed by atoms with E-state index in [2.05, 4.69) is 108 Å². The highest BCUT2D eigenvalue weighted by atomic mass is 15.3. The van der Waals surface area contributed by atoms with Crippen LogP contribution in [0.1, 0.15) is 0 Å². The van der Waals surface area contributed by atoms with Gasteiger partial charge in [-0.05, 0) is 48.5 Å². The summed E-state index contributed by atoms with van der Waals surface area (Å²) in [4.78, 5) is 10.1. The van der Waals surface area contributed by atoms with Crippen LogP contribution in [0.25, 0.3) is 78.0 Å². The highest BCUT2D eigenvalue weighted by Crippen LogP contribution is 2.36. The van der Waals surface area contributed by atoms with Gasteiger partial charge in [0, 0.05) is 38.5 Å². The molecule has 0 aliphatic rings. The Bertz CT molecular complexity index is 2460. The molecule has 0 saturated heterocycles. The molecule has 3 heterocycles. The average Bonchev–Trinajstić information content (AvgIpc) is 3.70. The third-order valence-electron chi connectivity index (χ3n) is 8.59. The van der Waals surface area contributed by atoms with Gasteiger partial charge in [-0.2, -0.15) is 5.10 Å². The van der Waals surface area contributed by atoms with Crippen molar-refractivity contribution in [1.82, 2.24) is 24.3 Å². The molecule has 0 spiro atoms. The third-order valence-corrected chi connectivity index (χ3v) is 8.59. The van der Waals surface area contributed by atoms with Gasteiger partial charge in [0.1, 0.15) is 0 Å². The molecule has 0 fully saturated rings. The topological polar surface area (TPSA) is 48.5 Å². The summed E-state index contributed by atoms with van der Waals surface area (Å²) in [6, 6.07) is 54.7. The van der Waals surface area contributed by atoms with Crippen LogP contribution in [0.4, 0.5) is 0 Å². The van der Waals surface area contributed by atoms with Crippen LogP contribution in [-0.4, -0.2) is 24.3 Å². The highest BCUT2D eigenvalue weighted by molar-refractivity contribution is 6.13. The van der Waals surface area contributed by atoms with Crippen LogP contribution in [-0.2, 0) is 0 Å². The standard InChI is InChI=1S/C41H27N5/c1-4-13-28(14-5-1)36-26-37(44-41(43-36)29-15-6-2-7-16-29)30-17-12-20-33(23-30)45-38-22-11-10-21-34(38)35-25-39-31(24-40(35)45)27-42-46(39)32-18-8-3-9-19-32/h1-27H. The van der Waals surface area contributed by atoms with E-state index in [4.69, 9.17) is 15.1 Å². The molecule has 46 heavy (non-hydrogen) atoms. The van der Waals surface area contributed by atoms with E-state index in [1.165, 1.54) is 10.8 Å². The van der Waals surface area contributed by atoms with Gasteiger partial charge < -0.3 is 4.57 Å². The number of para-hydroxylation sites is 2. The van der Waals surface area contributed by atoms with Gasteiger partial charge in [-0.3, -0.25) is 0 Å². The molecule has 9 aromatic rings. The lowest BCUT2D eigenvalue weighted by Crippen LogP contribution is -1.98. The first-order chi connectivity index (χ1) is 22.8. The Morgan fingerprint density at radius 2 is 1.04 bits per heavy atom. The van der Waals surface area contributed by atoms with Crippen molar-refractivity contribution in [2.75, 3.05) is 0 Å². The molecule has 9 rings (SSSR count). The van der Waals surface area contributed by atoms with Crippen LogP contribution in [0, 0.1) is 0 Å². The molecular formula is C41H27N5. The molecule has 6 aromatic carbocycles. The number of hydrogen-bond acceptors (Lipinski definition) is 3. The smallest absolute Gasteiger partial charge is 0.160 e. The van der Waals surface area contributed by atoms with Crippen molar-refractivity contribution in [3.8, 4) is 45.3 Å². The second kappa shape index (κ2) is 10.7. The van der Waals surface area contributed by atoms with Gasteiger partial charge in [0.25, 0.3) is 0 Å². The van der Waals surface area contributed by atoms with E-state index in [1.54, 1.807) is 0 Å². The van der Waals surface area contributed by atoms with E-state index in [0.717, 1.165) is 61.4 Å². The quantitative estimate of drug-likeness (QED) is 0.201. The molecular weight excluding hydrogens is 562 g/mol. The van der Waals surface area contributed by atoms with Crippen LogP contribution < -0.4 is 0 Å². The maximum absolute atomic E-state index is 5.09. The summed E-state index contributed by atoms with van der Waals surface area (Å²) in [5, 5.41) is 8.24. The summed E-state index contributed by atoms with van der Waals surface area (Å²) in [5.74, 6) is 0.706. The van der Waals surface area contributed by atoms with E-state index < -0.39 is 0 Å². The molecule has 0 amide bonds. The van der Waals surface area contributed by atoms with Crippen molar-refractivity contribution in [1.29, 1.82) is 0 Å². The first-order valence-corrected chi connectivity index (χ1v) is 15.4. The monoisotopic (exact) mass is 589 g/mol. The van der Waals surface area contributed by atoms with Gasteiger partial charge in [-0.25, -0.2) is 14.6 Å². The van der Waals surface area contributed by atoms with E-state index in [1.807, 2.05) is 65.5 Å². The van der Waals surface area contributed by atoms with Crippen LogP contribution in [0.15, 0.2) is 164 Å². The molecule has 0 bridgehead atoms. The normalized spacial score (nSPS) is 11.5. The van der Waals surface area contributed by atoms with Crippen molar-refractivity contribution in [2.45, 2.75) is 0 Å². The lowest BCUT2D eigenvalue weighted by atomic mass is 10.1. The molecule has 5 nitrogen and oxygen atoms in total. The second-order valence-electron chi connectivity index (χ2n) is 11.4. The number of rotatable bonds is 5. The minimum absolute atomic E-state index is 0.706. The van der Waals surface area contributed by atoms with E-state index in [-0.39, 0.29) is 0 Å². The molecule has 0 radical (unpaired) electrons. The van der Waals surface area contributed by atoms with Gasteiger partial charge in [-0.1, -0.05) is 109 Å². The molecule has 0 aliphatic carbocycles. The number of benzene rings is 6. The minimum Gasteiger partial charge on any atom is -0.309 e. The second-order valence-corrected chi connectivity index (χ2v) is 11.4. The molecule has 0 N–H and O–H groups in total. The van der Waals surface area contributed by atoms with Crippen LogP contribution in [0.2, 0.25) is 0 Å². The van der Waals surface area contributed by atoms with Gasteiger partial charge in [-0.15, -0.1) is 0 Å².